The molecule has 1 saturated heterocycles. The van der Waals surface area contributed by atoms with Gasteiger partial charge in [0.25, 0.3) is 0 Å². The van der Waals surface area contributed by atoms with Crippen molar-refractivity contribution < 1.29 is 23.7 Å². The van der Waals surface area contributed by atoms with Crippen LogP contribution >= 0.6 is 0 Å². The van der Waals surface area contributed by atoms with Crippen LogP contribution in [0.4, 0.5) is 0 Å². The van der Waals surface area contributed by atoms with Gasteiger partial charge in [-0.1, -0.05) is 0 Å². The lowest BCUT2D eigenvalue weighted by atomic mass is 10.2. The zero-order chi connectivity index (χ0) is 13.7. The number of rotatable bonds is 4. The number of carbonyl (C=O) groups is 1. The molecule has 1 aromatic carbocycles. The molecule has 104 valence electrons. The summed E-state index contributed by atoms with van der Waals surface area (Å²) in [6.45, 7) is 5.08. The van der Waals surface area contributed by atoms with E-state index in [-0.39, 0.29) is 12.3 Å². The van der Waals surface area contributed by atoms with Crippen molar-refractivity contribution in [2.75, 3.05) is 19.8 Å². The maximum absolute atomic E-state index is 11.0. The van der Waals surface area contributed by atoms with E-state index in [0.717, 1.165) is 12.0 Å². The number of hydrogen-bond acceptors (Lipinski definition) is 5. The average Bonchev–Trinajstić information content (AvgIpc) is 2.41. The van der Waals surface area contributed by atoms with Crippen LogP contribution in [-0.2, 0) is 14.3 Å². The fourth-order valence-corrected chi connectivity index (χ4v) is 1.86. The summed E-state index contributed by atoms with van der Waals surface area (Å²) in [5.41, 5.74) is 0.860. The van der Waals surface area contributed by atoms with Gasteiger partial charge in [0.1, 0.15) is 0 Å². The van der Waals surface area contributed by atoms with E-state index in [4.69, 9.17) is 18.9 Å². The average molecular weight is 266 g/mol. The first-order chi connectivity index (χ1) is 9.20. The number of hydrogen-bond donors (Lipinski definition) is 0. The molecule has 1 fully saturated rings. The molecule has 19 heavy (non-hydrogen) atoms. The van der Waals surface area contributed by atoms with Crippen molar-refractivity contribution in [3.63, 3.8) is 0 Å². The van der Waals surface area contributed by atoms with Crippen LogP contribution in [0.1, 0.15) is 32.1 Å². The molecule has 0 N–H and O–H groups in total. The second kappa shape index (κ2) is 6.54. The van der Waals surface area contributed by atoms with Crippen molar-refractivity contribution in [2.45, 2.75) is 26.6 Å². The molecule has 1 aliphatic rings. The number of benzene rings is 1. The van der Waals surface area contributed by atoms with Crippen molar-refractivity contribution in [3.05, 3.63) is 23.8 Å². The number of esters is 1. The summed E-state index contributed by atoms with van der Waals surface area (Å²) in [4.78, 5) is 11.0. The monoisotopic (exact) mass is 266 g/mol. The predicted molar refractivity (Wildman–Crippen MR) is 68.2 cm³/mol. The normalized spacial score (nSPS) is 16.1. The first kappa shape index (κ1) is 13.8. The van der Waals surface area contributed by atoms with Crippen LogP contribution in [-0.4, -0.2) is 25.8 Å². The van der Waals surface area contributed by atoms with E-state index in [2.05, 4.69) is 0 Å². The Morgan fingerprint density at radius 3 is 2.68 bits per heavy atom. The Bertz CT molecular complexity index is 437. The molecule has 1 aromatic rings. The molecule has 0 bridgehead atoms. The van der Waals surface area contributed by atoms with E-state index in [9.17, 15) is 4.79 Å². The van der Waals surface area contributed by atoms with Gasteiger partial charge in [0.2, 0.25) is 0 Å². The molecular weight excluding hydrogens is 248 g/mol. The summed E-state index contributed by atoms with van der Waals surface area (Å²) < 4.78 is 21.6. The first-order valence-corrected chi connectivity index (χ1v) is 6.39. The number of ether oxygens (including phenoxy) is 4. The fraction of sp³-hybridized carbons (Fsp3) is 0.500. The summed E-state index contributed by atoms with van der Waals surface area (Å²) in [5.74, 6) is 0.556. The summed E-state index contributed by atoms with van der Waals surface area (Å²) in [6.07, 6.45) is 0.528. The van der Waals surface area contributed by atoms with Crippen LogP contribution in [0.15, 0.2) is 18.2 Å². The molecule has 1 heterocycles. The van der Waals surface area contributed by atoms with E-state index in [1.807, 2.05) is 13.0 Å². The molecule has 0 spiro atoms. The molecule has 0 unspecified atom stereocenters. The molecule has 0 saturated carbocycles. The fourth-order valence-electron chi connectivity index (χ4n) is 1.86. The van der Waals surface area contributed by atoms with E-state index < -0.39 is 0 Å². The Kier molecular flexibility index (Phi) is 4.76. The predicted octanol–water partition coefficient (Wildman–Crippen LogP) is 2.45. The minimum atomic E-state index is -0.376. The smallest absolute Gasteiger partial charge is 0.308 e. The van der Waals surface area contributed by atoms with Crippen LogP contribution in [0, 0.1) is 0 Å². The molecule has 0 radical (unpaired) electrons. The minimum absolute atomic E-state index is 0.376. The van der Waals surface area contributed by atoms with E-state index in [1.54, 1.807) is 12.1 Å². The number of carbonyl (C=O) groups excluding carboxylic acids is 1. The first-order valence-electron chi connectivity index (χ1n) is 6.39. The van der Waals surface area contributed by atoms with E-state index in [0.29, 0.717) is 31.3 Å². The molecule has 2 rings (SSSR count). The lowest BCUT2D eigenvalue weighted by molar-refractivity contribution is -0.183. The standard InChI is InChI=1S/C14H18O5/c1-3-16-13-9-11(14-17-7-4-8-18-14)5-6-12(13)19-10(2)15/h5-6,9,14H,3-4,7-8H2,1-2H3. The highest BCUT2D eigenvalue weighted by Gasteiger charge is 2.19. The summed E-state index contributed by atoms with van der Waals surface area (Å²) in [5, 5.41) is 0. The summed E-state index contributed by atoms with van der Waals surface area (Å²) in [6, 6.07) is 5.30. The Morgan fingerprint density at radius 1 is 1.32 bits per heavy atom. The van der Waals surface area contributed by atoms with Gasteiger partial charge in [-0.25, -0.2) is 0 Å². The van der Waals surface area contributed by atoms with Crippen molar-refractivity contribution in [3.8, 4) is 11.5 Å². The second-order valence-electron chi connectivity index (χ2n) is 4.16. The van der Waals surface area contributed by atoms with E-state index >= 15 is 0 Å². The summed E-state index contributed by atoms with van der Waals surface area (Å²) >= 11 is 0. The van der Waals surface area contributed by atoms with Gasteiger partial charge in [-0.2, -0.15) is 0 Å². The van der Waals surface area contributed by atoms with Gasteiger partial charge in [-0.15, -0.1) is 0 Å². The highest BCUT2D eigenvalue weighted by Crippen LogP contribution is 2.33. The second-order valence-corrected chi connectivity index (χ2v) is 4.16. The molecule has 0 aliphatic carbocycles. The highest BCUT2D eigenvalue weighted by molar-refractivity contribution is 5.70. The van der Waals surface area contributed by atoms with Crippen LogP contribution in [0.5, 0.6) is 11.5 Å². The third kappa shape index (κ3) is 3.68. The van der Waals surface area contributed by atoms with Crippen LogP contribution in [0.3, 0.4) is 0 Å². The Hall–Kier alpha value is -1.59. The molecule has 1 aliphatic heterocycles. The SMILES string of the molecule is CCOc1cc(C2OCCCO2)ccc1OC(C)=O. The summed E-state index contributed by atoms with van der Waals surface area (Å²) in [7, 11) is 0. The van der Waals surface area contributed by atoms with Crippen LogP contribution in [0.25, 0.3) is 0 Å². The molecule has 0 aromatic heterocycles. The van der Waals surface area contributed by atoms with Gasteiger partial charge in [0, 0.05) is 12.5 Å². The van der Waals surface area contributed by atoms with Gasteiger partial charge >= 0.3 is 5.97 Å². The Balaban J connectivity index is 2.21. The lowest BCUT2D eigenvalue weighted by Gasteiger charge is -2.24. The minimum Gasteiger partial charge on any atom is -0.490 e. The van der Waals surface area contributed by atoms with Gasteiger partial charge < -0.3 is 18.9 Å². The zero-order valence-corrected chi connectivity index (χ0v) is 11.2. The van der Waals surface area contributed by atoms with Crippen molar-refractivity contribution in [2.24, 2.45) is 0 Å². The van der Waals surface area contributed by atoms with Gasteiger partial charge in [0.05, 0.1) is 19.8 Å². The van der Waals surface area contributed by atoms with Crippen molar-refractivity contribution in [1.82, 2.24) is 0 Å². The highest BCUT2D eigenvalue weighted by atomic mass is 16.7. The topological polar surface area (TPSA) is 54.0 Å². The van der Waals surface area contributed by atoms with Gasteiger partial charge in [-0.05, 0) is 31.5 Å². The third-order valence-corrected chi connectivity index (χ3v) is 2.62. The van der Waals surface area contributed by atoms with Crippen LogP contribution < -0.4 is 9.47 Å². The van der Waals surface area contributed by atoms with Gasteiger partial charge in [0.15, 0.2) is 17.8 Å². The molecular formula is C14H18O5. The molecule has 0 atom stereocenters. The Morgan fingerprint density at radius 2 is 2.05 bits per heavy atom. The molecule has 0 amide bonds. The van der Waals surface area contributed by atoms with E-state index in [1.165, 1.54) is 6.92 Å². The zero-order valence-electron chi connectivity index (χ0n) is 11.2. The maximum Gasteiger partial charge on any atom is 0.308 e. The maximum atomic E-state index is 11.0. The quantitative estimate of drug-likeness (QED) is 0.619. The van der Waals surface area contributed by atoms with Crippen LogP contribution in [0.2, 0.25) is 0 Å². The Labute approximate surface area is 112 Å². The largest absolute Gasteiger partial charge is 0.490 e. The van der Waals surface area contributed by atoms with Crippen molar-refractivity contribution >= 4 is 5.97 Å². The molecule has 5 heteroatoms. The van der Waals surface area contributed by atoms with Crippen molar-refractivity contribution in [1.29, 1.82) is 0 Å². The third-order valence-electron chi connectivity index (χ3n) is 2.62. The lowest BCUT2D eigenvalue weighted by Crippen LogP contribution is -2.17. The molecule has 5 nitrogen and oxygen atoms in total. The van der Waals surface area contributed by atoms with Gasteiger partial charge in [-0.3, -0.25) is 4.79 Å².